The second-order valence-corrected chi connectivity index (χ2v) is 4.48. The number of nitrogens with zero attached hydrogens (tertiary/aromatic N) is 1. The molecule has 0 radical (unpaired) electrons. The van der Waals surface area contributed by atoms with Crippen molar-refractivity contribution in [3.63, 3.8) is 0 Å². The van der Waals surface area contributed by atoms with Crippen LogP contribution in [0.2, 0.25) is 0 Å². The van der Waals surface area contributed by atoms with Gasteiger partial charge in [0.05, 0.1) is 18.1 Å². The molecule has 1 fully saturated rings. The van der Waals surface area contributed by atoms with E-state index in [1.54, 1.807) is 12.1 Å². The van der Waals surface area contributed by atoms with E-state index in [0.717, 1.165) is 24.8 Å². The topological polar surface area (TPSA) is 78.4 Å². The van der Waals surface area contributed by atoms with Gasteiger partial charge in [-0.3, -0.25) is 10.1 Å². The van der Waals surface area contributed by atoms with Gasteiger partial charge in [-0.1, -0.05) is 6.42 Å². The zero-order valence-electron chi connectivity index (χ0n) is 9.81. The van der Waals surface area contributed by atoms with Gasteiger partial charge in [-0.2, -0.15) is 0 Å². The van der Waals surface area contributed by atoms with Gasteiger partial charge in [0.15, 0.2) is 0 Å². The van der Waals surface area contributed by atoms with Crippen molar-refractivity contribution in [2.45, 2.75) is 24.7 Å². The molecule has 2 N–H and O–H groups in total. The van der Waals surface area contributed by atoms with Gasteiger partial charge in [0, 0.05) is 17.5 Å². The van der Waals surface area contributed by atoms with E-state index in [1.165, 1.54) is 13.2 Å². The first-order chi connectivity index (χ1) is 8.13. The van der Waals surface area contributed by atoms with Crippen molar-refractivity contribution >= 4 is 5.69 Å². The molecule has 0 bridgehead atoms. The summed E-state index contributed by atoms with van der Waals surface area (Å²) in [6, 6.07) is 5.02. The smallest absolute Gasteiger partial charge is 0.276 e. The Labute approximate surface area is 99.7 Å². The molecule has 1 aromatic carbocycles. The molecule has 1 saturated carbocycles. The molecule has 1 aromatic rings. The molecule has 0 aromatic heterocycles. The number of nitrogens with two attached hydrogens (primary N) is 1. The van der Waals surface area contributed by atoms with E-state index in [9.17, 15) is 10.1 Å². The highest BCUT2D eigenvalue weighted by Gasteiger charge is 2.41. The minimum atomic E-state index is -0.354. The van der Waals surface area contributed by atoms with Gasteiger partial charge >= 0.3 is 0 Å². The summed E-state index contributed by atoms with van der Waals surface area (Å²) >= 11 is 0. The van der Waals surface area contributed by atoms with Crippen LogP contribution in [0.5, 0.6) is 5.75 Å². The normalized spacial score (nSPS) is 17.3. The third kappa shape index (κ3) is 1.86. The monoisotopic (exact) mass is 236 g/mol. The predicted octanol–water partition coefficient (Wildman–Crippen LogP) is 1.98. The maximum Gasteiger partial charge on any atom is 0.276 e. The van der Waals surface area contributed by atoms with E-state index in [1.807, 2.05) is 0 Å². The molecule has 2 rings (SSSR count). The number of methoxy groups -OCH3 is 1. The molecule has 0 saturated heterocycles. The minimum absolute atomic E-state index is 0.120. The molecule has 0 amide bonds. The summed E-state index contributed by atoms with van der Waals surface area (Å²) in [7, 11) is 1.50. The quantitative estimate of drug-likeness (QED) is 0.640. The van der Waals surface area contributed by atoms with Crippen molar-refractivity contribution in [3.8, 4) is 5.75 Å². The second kappa shape index (κ2) is 4.33. The van der Waals surface area contributed by atoms with Crippen molar-refractivity contribution < 1.29 is 9.66 Å². The molecule has 92 valence electrons. The van der Waals surface area contributed by atoms with Crippen LogP contribution >= 0.6 is 0 Å². The Bertz CT molecular complexity index is 436. The lowest BCUT2D eigenvalue weighted by atomic mass is 9.64. The summed E-state index contributed by atoms with van der Waals surface area (Å²) in [4.78, 5) is 10.7. The Kier molecular flexibility index (Phi) is 3.02. The molecule has 0 heterocycles. The molecule has 0 spiro atoms. The zero-order valence-corrected chi connectivity index (χ0v) is 9.81. The first-order valence-electron chi connectivity index (χ1n) is 5.66. The van der Waals surface area contributed by atoms with Crippen LogP contribution in [0.3, 0.4) is 0 Å². The molecule has 0 unspecified atom stereocenters. The van der Waals surface area contributed by atoms with Crippen LogP contribution in [0.1, 0.15) is 24.8 Å². The van der Waals surface area contributed by atoms with Crippen LogP contribution in [0.4, 0.5) is 5.69 Å². The van der Waals surface area contributed by atoms with Gasteiger partial charge in [-0.25, -0.2) is 0 Å². The van der Waals surface area contributed by atoms with Crippen LogP contribution in [-0.4, -0.2) is 18.6 Å². The maximum absolute atomic E-state index is 11.1. The Morgan fingerprint density at radius 2 is 2.24 bits per heavy atom. The average molecular weight is 236 g/mol. The summed E-state index contributed by atoms with van der Waals surface area (Å²) in [5.74, 6) is 0.506. The van der Waals surface area contributed by atoms with E-state index < -0.39 is 0 Å². The number of ether oxygens (including phenoxy) is 1. The molecule has 5 nitrogen and oxygen atoms in total. The van der Waals surface area contributed by atoms with Crippen LogP contribution in [0.15, 0.2) is 18.2 Å². The van der Waals surface area contributed by atoms with Crippen LogP contribution in [-0.2, 0) is 5.41 Å². The maximum atomic E-state index is 11.1. The van der Waals surface area contributed by atoms with E-state index >= 15 is 0 Å². The summed E-state index contributed by atoms with van der Waals surface area (Å²) in [6.07, 6.45) is 2.94. The Balaban J connectivity index is 2.49. The van der Waals surface area contributed by atoms with Crippen LogP contribution in [0.25, 0.3) is 0 Å². The van der Waals surface area contributed by atoms with Gasteiger partial charge in [-0.15, -0.1) is 0 Å². The molecule has 0 atom stereocenters. The predicted molar refractivity (Wildman–Crippen MR) is 64.2 cm³/mol. The fourth-order valence-corrected chi connectivity index (χ4v) is 2.42. The number of hydrogen-bond acceptors (Lipinski definition) is 4. The molecular formula is C12H16N2O3. The van der Waals surface area contributed by atoms with E-state index in [2.05, 4.69) is 0 Å². The lowest BCUT2D eigenvalue weighted by molar-refractivity contribution is -0.386. The van der Waals surface area contributed by atoms with Gasteiger partial charge in [0.1, 0.15) is 5.75 Å². The summed E-state index contributed by atoms with van der Waals surface area (Å²) in [5.41, 5.74) is 6.45. The SMILES string of the molecule is COc1ccc(C2(CN)CCC2)c([N+](=O)[O-])c1. The van der Waals surface area contributed by atoms with E-state index in [0.29, 0.717) is 12.3 Å². The Morgan fingerprint density at radius 3 is 2.65 bits per heavy atom. The number of rotatable bonds is 4. The highest BCUT2D eigenvalue weighted by molar-refractivity contribution is 5.51. The number of benzene rings is 1. The van der Waals surface area contributed by atoms with E-state index in [4.69, 9.17) is 10.5 Å². The molecule has 0 aliphatic heterocycles. The minimum Gasteiger partial charge on any atom is -0.497 e. The zero-order chi connectivity index (χ0) is 12.5. The summed E-state index contributed by atoms with van der Waals surface area (Å²) < 4.78 is 5.02. The van der Waals surface area contributed by atoms with Crippen molar-refractivity contribution in [3.05, 3.63) is 33.9 Å². The highest BCUT2D eigenvalue weighted by Crippen LogP contribution is 2.46. The molecule has 17 heavy (non-hydrogen) atoms. The van der Waals surface area contributed by atoms with Gasteiger partial charge < -0.3 is 10.5 Å². The molecule has 5 heteroatoms. The third-order valence-electron chi connectivity index (χ3n) is 3.67. The molecule has 1 aliphatic rings. The van der Waals surface area contributed by atoms with Crippen molar-refractivity contribution in [1.82, 2.24) is 0 Å². The Morgan fingerprint density at radius 1 is 1.53 bits per heavy atom. The van der Waals surface area contributed by atoms with Crippen molar-refractivity contribution in [2.24, 2.45) is 5.73 Å². The van der Waals surface area contributed by atoms with Crippen molar-refractivity contribution in [2.75, 3.05) is 13.7 Å². The summed E-state index contributed by atoms with van der Waals surface area (Å²) in [6.45, 7) is 0.459. The first-order valence-corrected chi connectivity index (χ1v) is 5.66. The third-order valence-corrected chi connectivity index (χ3v) is 3.67. The average Bonchev–Trinajstić information content (AvgIpc) is 2.28. The first kappa shape index (κ1) is 11.9. The highest BCUT2D eigenvalue weighted by atomic mass is 16.6. The lowest BCUT2D eigenvalue weighted by Crippen LogP contribution is -2.41. The Hall–Kier alpha value is -1.62. The standard InChI is InChI=1S/C12H16N2O3/c1-17-9-3-4-10(11(7-9)14(15)16)12(8-13)5-2-6-12/h3-4,7H,2,5-6,8,13H2,1H3. The molecular weight excluding hydrogens is 220 g/mol. The lowest BCUT2D eigenvalue weighted by Gasteiger charge is -2.40. The van der Waals surface area contributed by atoms with Crippen LogP contribution in [0, 0.1) is 10.1 Å². The fourth-order valence-electron chi connectivity index (χ4n) is 2.42. The largest absolute Gasteiger partial charge is 0.497 e. The van der Waals surface area contributed by atoms with Crippen molar-refractivity contribution in [1.29, 1.82) is 0 Å². The number of nitro groups is 1. The van der Waals surface area contributed by atoms with Crippen LogP contribution < -0.4 is 10.5 Å². The number of hydrogen-bond donors (Lipinski definition) is 1. The van der Waals surface area contributed by atoms with Gasteiger partial charge in [0.25, 0.3) is 5.69 Å². The fraction of sp³-hybridized carbons (Fsp3) is 0.500. The van der Waals surface area contributed by atoms with Gasteiger partial charge in [0.2, 0.25) is 0 Å². The van der Waals surface area contributed by atoms with Gasteiger partial charge in [-0.05, 0) is 25.0 Å². The molecule has 1 aliphatic carbocycles. The van der Waals surface area contributed by atoms with E-state index in [-0.39, 0.29) is 16.0 Å². The second-order valence-electron chi connectivity index (χ2n) is 4.48. The number of nitro benzene ring substituents is 1. The summed E-state index contributed by atoms with van der Waals surface area (Å²) in [5, 5.41) is 11.1.